The van der Waals surface area contributed by atoms with Gasteiger partial charge in [-0.2, -0.15) is 8.42 Å². The van der Waals surface area contributed by atoms with Crippen LogP contribution in [0.5, 0.6) is 0 Å². The Morgan fingerprint density at radius 2 is 1.18 bits per heavy atom. The van der Waals surface area contributed by atoms with Crippen molar-refractivity contribution in [2.45, 2.75) is 110 Å². The summed E-state index contributed by atoms with van der Waals surface area (Å²) in [5.74, 6) is -0.108. The largest absolute Gasteiger partial charge is 1.00 e. The minimum atomic E-state index is -4.42. The van der Waals surface area contributed by atoms with Crippen LogP contribution in [0.25, 0.3) is 0 Å². The first-order valence-corrected chi connectivity index (χ1v) is 12.2. The molecule has 0 aromatic carbocycles. The minimum Gasteiger partial charge on any atom is -0.354 e. The molecule has 0 aromatic heterocycles. The monoisotopic (exact) mass is 430 g/mol. The van der Waals surface area contributed by atoms with Gasteiger partial charge in [-0.1, -0.05) is 96.8 Å². The van der Waals surface area contributed by atoms with Crippen LogP contribution in [0.3, 0.4) is 0 Å². The smallest absolute Gasteiger partial charge is 0.354 e. The van der Waals surface area contributed by atoms with E-state index in [1.54, 1.807) is 0 Å². The van der Waals surface area contributed by atoms with Crippen molar-refractivity contribution in [3.05, 3.63) is 0 Å². The van der Waals surface area contributed by atoms with E-state index in [2.05, 4.69) is 16.4 Å². The summed E-state index contributed by atoms with van der Waals surface area (Å²) in [5.41, 5.74) is 0. The van der Waals surface area contributed by atoms with Crippen molar-refractivity contribution in [3.8, 4) is 0 Å². The average Bonchev–Trinajstić information content (AvgIpc) is 2.61. The molecule has 0 atom stereocenters. The Morgan fingerprint density at radius 3 is 1.57 bits per heavy atom. The standard InChI is InChI=1S/C20H41NO5S.Na/c1-2-3-4-5-6-7-8-9-10-11-12-13-14-15-16-17-20(22)21-18-19-26-27(23,24)25;/h2-19H2,1H3,(H,21,22)(H,23,24,25);/q;+1. The van der Waals surface area contributed by atoms with Crippen LogP contribution in [0.4, 0.5) is 0 Å². The Bertz CT molecular complexity index is 446. The zero-order chi connectivity index (χ0) is 20.2. The van der Waals surface area contributed by atoms with Gasteiger partial charge in [0.2, 0.25) is 5.91 Å². The van der Waals surface area contributed by atoms with Gasteiger partial charge in [0.1, 0.15) is 0 Å². The van der Waals surface area contributed by atoms with Gasteiger partial charge in [0.15, 0.2) is 0 Å². The second kappa shape index (κ2) is 22.0. The van der Waals surface area contributed by atoms with Crippen LogP contribution in [0.1, 0.15) is 110 Å². The summed E-state index contributed by atoms with van der Waals surface area (Å²) < 4.78 is 33.1. The molecule has 28 heavy (non-hydrogen) atoms. The number of carbonyl (C=O) groups excluding carboxylic acids is 1. The van der Waals surface area contributed by atoms with Gasteiger partial charge >= 0.3 is 40.0 Å². The first-order chi connectivity index (χ1) is 13.0. The van der Waals surface area contributed by atoms with E-state index < -0.39 is 10.4 Å². The maximum Gasteiger partial charge on any atom is 1.00 e. The third-order valence-corrected chi connectivity index (χ3v) is 5.13. The molecule has 0 saturated heterocycles. The topological polar surface area (TPSA) is 92.7 Å². The molecule has 6 nitrogen and oxygen atoms in total. The predicted octanol–water partition coefficient (Wildman–Crippen LogP) is 2.19. The van der Waals surface area contributed by atoms with Crippen molar-refractivity contribution >= 4 is 16.3 Å². The van der Waals surface area contributed by atoms with Gasteiger partial charge in [0.05, 0.1) is 6.61 Å². The van der Waals surface area contributed by atoms with Crippen LogP contribution in [0.2, 0.25) is 0 Å². The van der Waals surface area contributed by atoms with Crippen LogP contribution in [0.15, 0.2) is 0 Å². The molecule has 0 unspecified atom stereocenters. The molecule has 0 aliphatic heterocycles. The Balaban J connectivity index is 0. The zero-order valence-electron chi connectivity index (χ0n) is 18.2. The summed E-state index contributed by atoms with van der Waals surface area (Å²) in [6.07, 6.45) is 19.8. The van der Waals surface area contributed by atoms with E-state index in [1.165, 1.54) is 77.0 Å². The number of nitrogens with one attached hydrogen (secondary N) is 1. The van der Waals surface area contributed by atoms with E-state index in [-0.39, 0.29) is 48.6 Å². The van der Waals surface area contributed by atoms with Crippen LogP contribution >= 0.6 is 0 Å². The van der Waals surface area contributed by atoms with Gasteiger partial charge in [-0.25, -0.2) is 4.18 Å². The molecule has 0 aliphatic carbocycles. The van der Waals surface area contributed by atoms with Crippen LogP contribution in [0, 0.1) is 0 Å². The summed E-state index contributed by atoms with van der Waals surface area (Å²) in [6.45, 7) is 2.09. The summed E-state index contributed by atoms with van der Waals surface area (Å²) in [6, 6.07) is 0. The summed E-state index contributed by atoms with van der Waals surface area (Å²) in [5, 5.41) is 2.57. The van der Waals surface area contributed by atoms with Crippen molar-refractivity contribution in [3.63, 3.8) is 0 Å². The second-order valence-corrected chi connectivity index (χ2v) is 8.39. The molecule has 0 saturated carbocycles. The maximum absolute atomic E-state index is 11.5. The van der Waals surface area contributed by atoms with Crippen LogP contribution in [-0.4, -0.2) is 32.0 Å². The Morgan fingerprint density at radius 1 is 0.786 bits per heavy atom. The fraction of sp³-hybridized carbons (Fsp3) is 0.950. The second-order valence-electron chi connectivity index (χ2n) is 7.30. The molecule has 0 spiro atoms. The summed E-state index contributed by atoms with van der Waals surface area (Å²) in [7, 11) is -4.42. The first-order valence-electron chi connectivity index (χ1n) is 10.8. The van der Waals surface area contributed by atoms with E-state index in [0.717, 1.165) is 19.3 Å². The van der Waals surface area contributed by atoms with E-state index in [0.29, 0.717) is 6.42 Å². The van der Waals surface area contributed by atoms with E-state index in [1.807, 2.05) is 0 Å². The number of hydrogen-bond acceptors (Lipinski definition) is 4. The molecule has 0 radical (unpaired) electrons. The molecular weight excluding hydrogens is 389 g/mol. The third kappa shape index (κ3) is 26.3. The van der Waals surface area contributed by atoms with Gasteiger partial charge in [-0.05, 0) is 6.42 Å². The Hall–Kier alpha value is 0.340. The molecule has 162 valence electrons. The summed E-state index contributed by atoms with van der Waals surface area (Å²) >= 11 is 0. The number of hydrogen-bond donors (Lipinski definition) is 2. The van der Waals surface area contributed by atoms with Crippen LogP contribution < -0.4 is 34.9 Å². The van der Waals surface area contributed by atoms with Gasteiger partial charge in [0.25, 0.3) is 0 Å². The van der Waals surface area contributed by atoms with Gasteiger partial charge in [-0.3, -0.25) is 9.35 Å². The normalized spacial score (nSPS) is 11.2. The predicted molar refractivity (Wildman–Crippen MR) is 110 cm³/mol. The van der Waals surface area contributed by atoms with Gasteiger partial charge < -0.3 is 5.32 Å². The molecule has 1 amide bonds. The number of unbranched alkanes of at least 4 members (excludes halogenated alkanes) is 14. The maximum atomic E-state index is 11.5. The number of rotatable bonds is 20. The SMILES string of the molecule is CCCCCCCCCCCCCCCCCC(=O)NCCOS(=O)(=O)O.[Na+]. The Labute approximate surface area is 195 Å². The van der Waals surface area contributed by atoms with Crippen molar-refractivity contribution in [2.75, 3.05) is 13.2 Å². The molecular formula is C20H41NNaO5S+. The molecule has 2 N–H and O–H groups in total. The van der Waals surface area contributed by atoms with Crippen molar-refractivity contribution in [2.24, 2.45) is 0 Å². The molecule has 0 aliphatic rings. The van der Waals surface area contributed by atoms with Crippen molar-refractivity contribution in [1.82, 2.24) is 5.32 Å². The number of carbonyl (C=O) groups is 1. The third-order valence-electron chi connectivity index (χ3n) is 4.66. The summed E-state index contributed by atoms with van der Waals surface area (Å²) in [4.78, 5) is 11.5. The van der Waals surface area contributed by atoms with E-state index in [9.17, 15) is 13.2 Å². The number of amides is 1. The fourth-order valence-corrected chi connectivity index (χ4v) is 3.38. The molecule has 0 bridgehead atoms. The Kier molecular flexibility index (Phi) is 24.0. The van der Waals surface area contributed by atoms with E-state index >= 15 is 0 Å². The van der Waals surface area contributed by atoms with Gasteiger partial charge in [-0.15, -0.1) is 0 Å². The van der Waals surface area contributed by atoms with Crippen LogP contribution in [-0.2, 0) is 19.4 Å². The fourth-order valence-electron chi connectivity index (χ4n) is 3.08. The van der Waals surface area contributed by atoms with Crippen molar-refractivity contribution < 1.29 is 51.5 Å². The molecule has 8 heteroatoms. The average molecular weight is 431 g/mol. The molecule has 0 rings (SSSR count). The minimum absolute atomic E-state index is 0. The quantitative estimate of drug-likeness (QED) is 0.175. The molecule has 0 heterocycles. The van der Waals surface area contributed by atoms with E-state index in [4.69, 9.17) is 4.55 Å². The van der Waals surface area contributed by atoms with Crippen molar-refractivity contribution in [1.29, 1.82) is 0 Å². The first kappa shape index (κ1) is 30.5. The molecule has 0 fully saturated rings. The zero-order valence-corrected chi connectivity index (χ0v) is 21.0. The van der Waals surface area contributed by atoms with Gasteiger partial charge in [0, 0.05) is 13.0 Å². The molecule has 0 aromatic rings.